The fourth-order valence-electron chi connectivity index (χ4n) is 5.31. The summed E-state index contributed by atoms with van der Waals surface area (Å²) in [5.41, 5.74) is 7.43. The number of hydrogen-bond donors (Lipinski definition) is 7. The standard InChI is InChI=1S/C28H31ClN7O8P/c29-17-5-7-18(8-6-17)42-12-11-35-15-36(25-22(35)26(39)34-28(30)33-25)27-24(38)23(37)21(44-27)14-43-45(40,41)32-10-9-16-13-31-20-4-2-1-3-19(16)20/h1-8,13,15,21,23-24,27,31,37-38H,9-12,14H2,(H4-,30,32,33,34,39,40,41)/p+1/t21-,23-,24-,27-/m1/s1. The van der Waals surface area contributed by atoms with E-state index in [0.717, 1.165) is 16.5 Å². The van der Waals surface area contributed by atoms with Crippen LogP contribution in [0.1, 0.15) is 11.8 Å². The number of nitrogen functional groups attached to an aromatic ring is 1. The van der Waals surface area contributed by atoms with E-state index in [2.05, 4.69) is 20.0 Å². The van der Waals surface area contributed by atoms with E-state index in [-0.39, 0.29) is 36.8 Å². The lowest BCUT2D eigenvalue weighted by Crippen LogP contribution is -2.46. The summed E-state index contributed by atoms with van der Waals surface area (Å²) in [6.45, 7) is 0.0126. The number of aliphatic hydroxyl groups is 2. The highest BCUT2D eigenvalue weighted by molar-refractivity contribution is 7.50. The topological polar surface area (TPSA) is 214 Å². The van der Waals surface area contributed by atoms with Crippen LogP contribution in [0.2, 0.25) is 5.02 Å². The minimum atomic E-state index is -4.29. The summed E-state index contributed by atoms with van der Waals surface area (Å²) < 4.78 is 32.5. The Bertz CT molecular complexity index is 1910. The molecule has 0 spiro atoms. The van der Waals surface area contributed by atoms with Crippen LogP contribution in [0.15, 0.2) is 65.8 Å². The molecule has 2 aromatic carbocycles. The van der Waals surface area contributed by atoms with Gasteiger partial charge in [-0.1, -0.05) is 34.8 Å². The third-order valence-corrected chi connectivity index (χ3v) is 8.89. The van der Waals surface area contributed by atoms with E-state index in [4.69, 9.17) is 31.3 Å². The number of hydrogen-bond acceptors (Lipinski definition) is 9. The van der Waals surface area contributed by atoms with Gasteiger partial charge in [-0.25, -0.2) is 14.2 Å². The zero-order chi connectivity index (χ0) is 31.7. The third kappa shape index (κ3) is 6.76. The number of halogens is 1. The van der Waals surface area contributed by atoms with E-state index in [9.17, 15) is 24.5 Å². The van der Waals surface area contributed by atoms with Crippen molar-refractivity contribution >= 4 is 47.4 Å². The average Bonchev–Trinajstić information content (AvgIpc) is 3.67. The number of aliphatic hydroxyl groups excluding tert-OH is 2. The lowest BCUT2D eigenvalue weighted by molar-refractivity contribution is -0.746. The summed E-state index contributed by atoms with van der Waals surface area (Å²) in [5, 5.41) is 25.8. The zero-order valence-electron chi connectivity index (χ0n) is 23.7. The minimum Gasteiger partial charge on any atom is -0.490 e. The van der Waals surface area contributed by atoms with E-state index in [1.165, 1.54) is 10.9 Å². The number of nitrogens with two attached hydrogens (primary N) is 1. The molecule has 0 bridgehead atoms. The monoisotopic (exact) mass is 660 g/mol. The number of aromatic amines is 2. The lowest BCUT2D eigenvalue weighted by atomic mass is 10.1. The molecule has 45 heavy (non-hydrogen) atoms. The van der Waals surface area contributed by atoms with E-state index in [0.29, 0.717) is 17.2 Å². The molecule has 0 aliphatic carbocycles. The van der Waals surface area contributed by atoms with Gasteiger partial charge in [0, 0.05) is 28.7 Å². The van der Waals surface area contributed by atoms with Crippen LogP contribution in [0.3, 0.4) is 0 Å². The van der Waals surface area contributed by atoms with Crippen LogP contribution in [-0.4, -0.2) is 72.7 Å². The smallest absolute Gasteiger partial charge is 0.403 e. The van der Waals surface area contributed by atoms with Gasteiger partial charge in [0.1, 0.15) is 37.2 Å². The Hall–Kier alpha value is -3.79. The van der Waals surface area contributed by atoms with Gasteiger partial charge in [0.05, 0.1) is 6.61 Å². The van der Waals surface area contributed by atoms with Crippen LogP contribution in [0.5, 0.6) is 5.75 Å². The van der Waals surface area contributed by atoms with Crippen LogP contribution in [0, 0.1) is 0 Å². The van der Waals surface area contributed by atoms with E-state index in [1.54, 1.807) is 28.8 Å². The SMILES string of the molecule is Nc1nc2c(c(=O)[nH]1)n(CCOc1ccc(Cl)cc1)c[n+]2[C@@H]1O[C@H](COP(=O)(O)NCCc2c[nH]c3ccccc23)[C@@H](O)[C@H]1O. The predicted molar refractivity (Wildman–Crippen MR) is 164 cm³/mol. The Labute approximate surface area is 260 Å². The van der Waals surface area contributed by atoms with Gasteiger partial charge in [-0.2, -0.15) is 0 Å². The molecule has 6 rings (SSSR count). The minimum absolute atomic E-state index is 0.0901. The highest BCUT2D eigenvalue weighted by Gasteiger charge is 2.47. The summed E-state index contributed by atoms with van der Waals surface area (Å²) in [6.07, 6.45) is -1.59. The predicted octanol–water partition coefficient (Wildman–Crippen LogP) is 1.38. The molecule has 5 aromatic rings. The second kappa shape index (κ2) is 12.9. The van der Waals surface area contributed by atoms with Gasteiger partial charge in [-0.3, -0.25) is 18.9 Å². The Kier molecular flexibility index (Phi) is 8.95. The summed E-state index contributed by atoms with van der Waals surface area (Å²) in [4.78, 5) is 33.1. The molecule has 1 fully saturated rings. The zero-order valence-corrected chi connectivity index (χ0v) is 25.4. The quantitative estimate of drug-likeness (QED) is 0.0750. The molecule has 3 aromatic heterocycles. The van der Waals surface area contributed by atoms with Crippen molar-refractivity contribution in [1.82, 2.24) is 24.6 Å². The van der Waals surface area contributed by atoms with Crippen molar-refractivity contribution in [1.29, 1.82) is 0 Å². The van der Waals surface area contributed by atoms with Crippen molar-refractivity contribution in [3.05, 3.63) is 82.0 Å². The number of nitrogens with one attached hydrogen (secondary N) is 3. The molecular formula is C28H32ClN7O8P+. The highest BCUT2D eigenvalue weighted by Crippen LogP contribution is 2.38. The Morgan fingerprint density at radius 3 is 2.76 bits per heavy atom. The second-order valence-electron chi connectivity index (χ2n) is 10.5. The van der Waals surface area contributed by atoms with Gasteiger partial charge in [0.2, 0.25) is 11.7 Å². The van der Waals surface area contributed by atoms with Crippen LogP contribution in [0.25, 0.3) is 22.1 Å². The number of fused-ring (bicyclic) bond motifs is 2. The van der Waals surface area contributed by atoms with E-state index >= 15 is 0 Å². The van der Waals surface area contributed by atoms with Crippen molar-refractivity contribution in [2.24, 2.45) is 0 Å². The lowest BCUT2D eigenvalue weighted by Gasteiger charge is -2.18. The van der Waals surface area contributed by atoms with Crippen molar-refractivity contribution in [2.75, 3.05) is 25.5 Å². The van der Waals surface area contributed by atoms with Crippen molar-refractivity contribution in [3.63, 3.8) is 0 Å². The normalized spacial score (nSPS) is 21.4. The summed E-state index contributed by atoms with van der Waals surface area (Å²) in [7, 11) is -4.29. The number of aromatic nitrogens is 5. The first kappa shape index (κ1) is 31.2. The van der Waals surface area contributed by atoms with Crippen molar-refractivity contribution in [3.8, 4) is 5.75 Å². The van der Waals surface area contributed by atoms with Gasteiger partial charge >= 0.3 is 13.4 Å². The molecule has 0 amide bonds. The first-order valence-electron chi connectivity index (χ1n) is 14.1. The molecule has 17 heteroatoms. The molecule has 1 aliphatic heterocycles. The molecule has 0 radical (unpaired) electrons. The summed E-state index contributed by atoms with van der Waals surface area (Å²) in [6, 6.07) is 14.5. The van der Waals surface area contributed by atoms with Crippen LogP contribution in [0.4, 0.5) is 5.95 Å². The fraction of sp³-hybridized carbons (Fsp3) is 0.321. The number of rotatable bonds is 12. The number of imidazole rings is 1. The maximum Gasteiger partial charge on any atom is 0.403 e. The summed E-state index contributed by atoms with van der Waals surface area (Å²) in [5.74, 6) is 0.415. The number of anilines is 1. The maximum atomic E-state index is 12.9. The van der Waals surface area contributed by atoms with Gasteiger partial charge in [-0.05, 0) is 42.3 Å². The molecule has 238 valence electrons. The highest BCUT2D eigenvalue weighted by atomic mass is 35.5. The molecule has 1 saturated heterocycles. The van der Waals surface area contributed by atoms with Gasteiger partial charge in [0.15, 0.2) is 6.33 Å². The molecule has 8 N–H and O–H groups in total. The Balaban J connectivity index is 1.11. The molecule has 5 atom stereocenters. The van der Waals surface area contributed by atoms with E-state index in [1.807, 2.05) is 30.5 Å². The Morgan fingerprint density at radius 2 is 1.96 bits per heavy atom. The fourth-order valence-corrected chi connectivity index (χ4v) is 6.27. The average molecular weight is 661 g/mol. The number of para-hydroxylation sites is 1. The van der Waals surface area contributed by atoms with Crippen LogP contribution in [-0.2, 0) is 26.8 Å². The molecule has 1 unspecified atom stereocenters. The number of H-pyrrole nitrogens is 2. The number of benzene rings is 2. The van der Waals surface area contributed by atoms with Crippen molar-refractivity contribution < 1.29 is 38.2 Å². The van der Waals surface area contributed by atoms with Crippen LogP contribution >= 0.6 is 19.3 Å². The van der Waals surface area contributed by atoms with E-state index < -0.39 is 44.5 Å². The van der Waals surface area contributed by atoms with Crippen molar-refractivity contribution in [2.45, 2.75) is 37.5 Å². The van der Waals surface area contributed by atoms with Crippen LogP contribution < -0.4 is 25.7 Å². The first-order valence-corrected chi connectivity index (χ1v) is 16.0. The molecule has 0 saturated carbocycles. The molecular weight excluding hydrogens is 629 g/mol. The van der Waals surface area contributed by atoms with Gasteiger partial charge in [0.25, 0.3) is 11.5 Å². The third-order valence-electron chi connectivity index (χ3n) is 7.51. The van der Waals surface area contributed by atoms with Gasteiger partial charge < -0.3 is 35.3 Å². The largest absolute Gasteiger partial charge is 0.490 e. The second-order valence-corrected chi connectivity index (χ2v) is 12.6. The number of nitrogens with zero attached hydrogens (tertiary/aromatic N) is 3. The molecule has 15 nitrogen and oxygen atoms in total. The molecule has 1 aliphatic rings. The Morgan fingerprint density at radius 1 is 1.18 bits per heavy atom. The number of ether oxygens (including phenoxy) is 2. The molecule has 4 heterocycles. The first-order chi connectivity index (χ1) is 21.6. The summed E-state index contributed by atoms with van der Waals surface area (Å²) >= 11 is 5.92. The van der Waals surface area contributed by atoms with Gasteiger partial charge in [-0.15, -0.1) is 0 Å². The maximum absolute atomic E-state index is 12.9.